The zero-order chi connectivity index (χ0) is 94.2. The van der Waals surface area contributed by atoms with Crippen molar-refractivity contribution < 1.29 is 178 Å². The average molecular weight is 1860 g/mol. The molecule has 0 bridgehead atoms. The van der Waals surface area contributed by atoms with Gasteiger partial charge in [-0.05, 0) is 58.8 Å². The topological polar surface area (TPSA) is 601 Å². The van der Waals surface area contributed by atoms with Gasteiger partial charge in [0, 0.05) is 20.3 Å². The lowest BCUT2D eigenvalue weighted by atomic mass is 9.93. The predicted octanol–water partition coefficient (Wildman–Crippen LogP) is 0.352. The molecular weight excluding hydrogens is 1700 g/mol. The minimum Gasteiger partial charge on any atom is -0.394 e. The number of hydrogen-bond donors (Lipinski definition) is 22. The van der Waals surface area contributed by atoms with Crippen molar-refractivity contribution in [3.63, 3.8) is 0 Å². The van der Waals surface area contributed by atoms with Crippen molar-refractivity contribution in [1.82, 2.24) is 16.0 Å². The number of unbranched alkanes of at least 4 members (excludes halogenated alkanes) is 30. The Hall–Kier alpha value is -3.43. The van der Waals surface area contributed by atoms with E-state index in [1.54, 1.807) is 6.08 Å². The summed E-state index contributed by atoms with van der Waals surface area (Å²) < 4.78 is 84.8. The molecule has 39 nitrogen and oxygen atoms in total. The van der Waals surface area contributed by atoms with Crippen LogP contribution in [0, 0.1) is 0 Å². The largest absolute Gasteiger partial charge is 0.394 e. The quantitative estimate of drug-likeness (QED) is 0.0289. The first kappa shape index (κ1) is 113. The number of aliphatic hydroxyl groups is 19. The number of aliphatic hydroxyl groups excluding tert-OH is 19. The van der Waals surface area contributed by atoms with Gasteiger partial charge in [-0.3, -0.25) is 14.4 Å². The smallest absolute Gasteiger partial charge is 0.220 e. The molecule has 7 saturated heterocycles. The number of ether oxygens (including phenoxy) is 14. The zero-order valence-electron chi connectivity index (χ0n) is 76.4. The lowest BCUT2D eigenvalue weighted by molar-refractivity contribution is -0.397. The Balaban J connectivity index is 1.01. The number of allylic oxidation sites excluding steroid dienone is 3. The van der Waals surface area contributed by atoms with Crippen molar-refractivity contribution in [1.29, 1.82) is 0 Å². The lowest BCUT2D eigenvalue weighted by Gasteiger charge is -2.52. The highest BCUT2D eigenvalue weighted by Crippen LogP contribution is 2.40. The van der Waals surface area contributed by atoms with Crippen molar-refractivity contribution in [2.75, 3.05) is 39.6 Å². The Kier molecular flexibility index (Phi) is 52.6. The maximum atomic E-state index is 13.7. The molecule has 0 aliphatic carbocycles. The average Bonchev–Trinajstić information content (AvgIpc) is 0.753. The summed E-state index contributed by atoms with van der Waals surface area (Å²) in [6, 6.07) is -4.82. The summed E-state index contributed by atoms with van der Waals surface area (Å²) in [6.07, 6.45) is -18.3. The SMILES string of the molecule is CCCCCCCC/C=C\CCCCCCCCCCCCCCCC(=O)N[C@@H](CO[C@@H]1OC(CO)[C@@H](O[C@@H]2OC(CO)[C@H](O)[C@H](O[C@@H]3OC(CO)[C@@H](O[C@@H]4OC(CO)[C@H](O)[C@H](O[C@@H]5OC(CO)[C@@H](O[C@H]6OC(C)[C@@H](O)C(O)[C@@H]6O)[C@H](O)C5NC(C)=O)C4O)[C@H](O[C@H]4OC(C)[C@@H](O)C(O)[C@@H]4O)C3NC(C)=O)C2O)[C@H](O)C1O)[C@H](O)/C=C/CCCCCCCCCCCCC. The molecule has 7 fully saturated rings. The molecular formula is C90H161N3O36. The molecule has 14 unspecified atom stereocenters. The fourth-order valence-corrected chi connectivity index (χ4v) is 17.6. The molecule has 7 aliphatic heterocycles. The van der Waals surface area contributed by atoms with Crippen LogP contribution in [0.5, 0.6) is 0 Å². The summed E-state index contributed by atoms with van der Waals surface area (Å²) in [5.41, 5.74) is 0. The molecule has 0 aromatic rings. The molecule has 39 heteroatoms. The van der Waals surface area contributed by atoms with E-state index in [0.29, 0.717) is 12.8 Å². The molecule has 37 atom stereocenters. The summed E-state index contributed by atoms with van der Waals surface area (Å²) in [5, 5.41) is 223. The Labute approximate surface area is 759 Å². The Morgan fingerprint density at radius 2 is 0.636 bits per heavy atom. The van der Waals surface area contributed by atoms with E-state index >= 15 is 0 Å². The second-order valence-electron chi connectivity index (χ2n) is 35.9. The molecule has 0 radical (unpaired) electrons. The summed E-state index contributed by atoms with van der Waals surface area (Å²) in [7, 11) is 0. The third kappa shape index (κ3) is 34.9. The molecule has 3 amide bonds. The van der Waals surface area contributed by atoms with Gasteiger partial charge in [-0.15, -0.1) is 0 Å². The number of rotatable bonds is 60. The van der Waals surface area contributed by atoms with Gasteiger partial charge in [0.25, 0.3) is 0 Å². The van der Waals surface area contributed by atoms with Gasteiger partial charge in [0.05, 0.1) is 64.0 Å². The van der Waals surface area contributed by atoms with Crippen LogP contribution in [-0.4, -0.2) is 381 Å². The van der Waals surface area contributed by atoms with E-state index in [-0.39, 0.29) is 12.3 Å². The van der Waals surface area contributed by atoms with Crippen molar-refractivity contribution >= 4 is 17.7 Å². The summed E-state index contributed by atoms with van der Waals surface area (Å²) >= 11 is 0. The minimum absolute atomic E-state index is 0.154. The highest BCUT2D eigenvalue weighted by Gasteiger charge is 2.60. The molecule has 7 heterocycles. The van der Waals surface area contributed by atoms with Gasteiger partial charge in [0.15, 0.2) is 44.0 Å². The Morgan fingerprint density at radius 3 is 1.05 bits per heavy atom. The molecule has 752 valence electrons. The second-order valence-corrected chi connectivity index (χ2v) is 35.9. The number of hydrogen-bond acceptors (Lipinski definition) is 36. The van der Waals surface area contributed by atoms with Crippen LogP contribution in [0.15, 0.2) is 24.3 Å². The highest BCUT2D eigenvalue weighted by molar-refractivity contribution is 5.76. The van der Waals surface area contributed by atoms with E-state index in [1.165, 1.54) is 155 Å². The van der Waals surface area contributed by atoms with Crippen LogP contribution < -0.4 is 16.0 Å². The standard InChI is InChI=1S/C90H161N3O36/c1-7-9-11-13-15-17-19-21-22-23-24-25-26-27-28-29-30-32-34-36-38-40-42-44-62(102)93-55(56(101)43-41-39-37-35-33-31-20-18-16-14-12-10-8-2)50-116-86-75(113)72(110)79(60(48-97)123-86)125-89-76(114)83(68(106)57(45-94)119-89)129-85-64(92-54(6)100)81(127-88-74(112)71(109)66(104)52(4)118-88)80(61(49-98)122-85)126-90-77(115)82(67(105)58(46-95)120-90)128-84-63(91-53(5)99)69(107)78(59(47-96)121-84)124-87-73(111)70(108)65(103)51(3)117-87/h21-22,41,43,51-52,55-61,63-90,94-98,101,103-115H,7-20,23-40,42,44-50H2,1-6H3,(H,91,99)(H,92,100)(H,93,102)/b22-21-,43-41+/t51?,52?,55-,56+,57?,58?,59?,60?,61?,63?,64?,65+,66+,67-,68-,69+,70?,71?,72+,73-,74-,75?,76?,77?,78+,79+,80+,81+,82-,83-,84-,85-,86+,87+,88+,89-,90-/m0/s1. The van der Waals surface area contributed by atoms with Crippen LogP contribution in [0.3, 0.4) is 0 Å². The summed E-state index contributed by atoms with van der Waals surface area (Å²) in [6.45, 7) is 3.31. The predicted molar refractivity (Wildman–Crippen MR) is 460 cm³/mol. The maximum Gasteiger partial charge on any atom is 0.220 e. The van der Waals surface area contributed by atoms with E-state index < -0.39 is 278 Å². The molecule has 0 aromatic carbocycles. The number of carbonyl (C=O) groups is 3. The maximum absolute atomic E-state index is 13.7. The van der Waals surface area contributed by atoms with Crippen molar-refractivity contribution in [3.8, 4) is 0 Å². The third-order valence-electron chi connectivity index (χ3n) is 25.4. The Morgan fingerprint density at radius 1 is 0.318 bits per heavy atom. The lowest BCUT2D eigenvalue weighted by Crippen LogP contribution is -2.71. The molecule has 7 rings (SSSR count). The van der Waals surface area contributed by atoms with Crippen LogP contribution in [0.4, 0.5) is 0 Å². The first-order valence-corrected chi connectivity index (χ1v) is 47.8. The molecule has 0 aromatic heterocycles. The van der Waals surface area contributed by atoms with E-state index in [0.717, 1.165) is 71.6 Å². The van der Waals surface area contributed by atoms with Crippen LogP contribution in [0.25, 0.3) is 0 Å². The molecule has 129 heavy (non-hydrogen) atoms. The fourth-order valence-electron chi connectivity index (χ4n) is 17.6. The van der Waals surface area contributed by atoms with Gasteiger partial charge in [-0.1, -0.05) is 205 Å². The van der Waals surface area contributed by atoms with E-state index in [9.17, 15) is 111 Å². The fraction of sp³-hybridized carbons (Fsp3) is 0.922. The number of amides is 3. The van der Waals surface area contributed by atoms with Gasteiger partial charge >= 0.3 is 0 Å². The summed E-state index contributed by atoms with van der Waals surface area (Å²) in [5.74, 6) is -2.13. The number of carbonyl (C=O) groups excluding carboxylic acids is 3. The zero-order valence-corrected chi connectivity index (χ0v) is 76.4. The third-order valence-corrected chi connectivity index (χ3v) is 25.4. The van der Waals surface area contributed by atoms with Crippen molar-refractivity contribution in [2.24, 2.45) is 0 Å². The minimum atomic E-state index is -2.33. The van der Waals surface area contributed by atoms with Crippen LogP contribution in [0.1, 0.15) is 260 Å². The highest BCUT2D eigenvalue weighted by atomic mass is 16.8. The van der Waals surface area contributed by atoms with E-state index in [1.807, 2.05) is 6.08 Å². The van der Waals surface area contributed by atoms with Crippen molar-refractivity contribution in [3.05, 3.63) is 24.3 Å². The summed E-state index contributed by atoms with van der Waals surface area (Å²) in [4.78, 5) is 40.1. The van der Waals surface area contributed by atoms with Gasteiger partial charge < -0.3 is 179 Å². The van der Waals surface area contributed by atoms with E-state index in [2.05, 4.69) is 41.9 Å². The molecule has 0 saturated carbocycles. The monoisotopic (exact) mass is 1860 g/mol. The van der Waals surface area contributed by atoms with Gasteiger partial charge in [0.2, 0.25) is 17.7 Å². The second kappa shape index (κ2) is 60.3. The van der Waals surface area contributed by atoms with Crippen molar-refractivity contribution in [2.45, 2.75) is 487 Å². The van der Waals surface area contributed by atoms with Gasteiger partial charge in [0.1, 0.15) is 159 Å². The van der Waals surface area contributed by atoms with E-state index in [4.69, 9.17) is 66.3 Å². The molecule has 0 spiro atoms. The van der Waals surface area contributed by atoms with Crippen LogP contribution in [0.2, 0.25) is 0 Å². The first-order valence-electron chi connectivity index (χ1n) is 47.8. The van der Waals surface area contributed by atoms with Crippen LogP contribution in [-0.2, 0) is 80.7 Å². The normalized spacial score (nSPS) is 37.5. The van der Waals surface area contributed by atoms with Crippen LogP contribution >= 0.6 is 0 Å². The Bertz CT molecular complexity index is 3090. The number of nitrogens with one attached hydrogen (secondary N) is 3. The molecule has 22 N–H and O–H groups in total. The van der Waals surface area contributed by atoms with Gasteiger partial charge in [-0.2, -0.15) is 0 Å². The first-order chi connectivity index (χ1) is 62.0. The molecule has 7 aliphatic rings. The van der Waals surface area contributed by atoms with Gasteiger partial charge in [-0.25, -0.2) is 0 Å².